The average molecular weight is 950 g/mol. The molecule has 7 atom stereocenters. The maximum absolute atomic E-state index is 13.9. The van der Waals surface area contributed by atoms with Gasteiger partial charge in [-0.25, -0.2) is 0 Å². The van der Waals surface area contributed by atoms with E-state index in [0.717, 1.165) is 11.8 Å². The zero-order valence-electron chi connectivity index (χ0n) is 36.9. The zero-order chi connectivity index (χ0) is 49.2. The summed E-state index contributed by atoms with van der Waals surface area (Å²) in [6.45, 7) is 1.51. The smallest absolute Gasteiger partial charge is 0.305 e. The van der Waals surface area contributed by atoms with E-state index >= 15 is 0 Å². The van der Waals surface area contributed by atoms with Crippen molar-refractivity contribution in [2.75, 3.05) is 44.3 Å². The quantitative estimate of drug-likeness (QED) is 0.0443. The summed E-state index contributed by atoms with van der Waals surface area (Å²) in [7, 11) is 0. The Morgan fingerprint density at radius 2 is 1.30 bits per heavy atom. The Kier molecular flexibility index (Phi) is 25.1. The SMILES string of the molecule is C[C@@H]1NC(=O)[C@H](CCCCN)NC(=O)CSC[C@@H](C(=O)NCCO)NC(=O)[C@H](Cc2ccccc2)NC(=O)[C@H](C)NC(=O)[C@H](CC(=O)O)NC(=O)CNC(=O)[C@H](CCCN=C(N)N)NC1=O. The van der Waals surface area contributed by atoms with Gasteiger partial charge >= 0.3 is 5.97 Å². The number of carbonyl (C=O) groups excluding carboxylic acids is 9. The third-order valence-corrected chi connectivity index (χ3v) is 10.6. The molecule has 366 valence electrons. The highest BCUT2D eigenvalue weighted by Crippen LogP contribution is 2.10. The molecule has 66 heavy (non-hydrogen) atoms. The van der Waals surface area contributed by atoms with Crippen LogP contribution in [0, 0.1) is 0 Å². The minimum absolute atomic E-state index is 0.0533. The first-order valence-corrected chi connectivity index (χ1v) is 22.4. The summed E-state index contributed by atoms with van der Waals surface area (Å²) >= 11 is 0.919. The number of aliphatic carboxylic acids is 1. The van der Waals surface area contributed by atoms with Gasteiger partial charge in [-0.05, 0) is 58.1 Å². The van der Waals surface area contributed by atoms with E-state index in [1.165, 1.54) is 13.8 Å². The van der Waals surface area contributed by atoms with Crippen LogP contribution in [-0.4, -0.2) is 162 Å². The molecule has 1 aliphatic rings. The number of aliphatic imine (C=N–C) groups is 1. The lowest BCUT2D eigenvalue weighted by Crippen LogP contribution is -2.59. The first-order valence-electron chi connectivity index (χ1n) is 21.2. The lowest BCUT2D eigenvalue weighted by atomic mass is 10.0. The van der Waals surface area contributed by atoms with E-state index in [1.807, 2.05) is 0 Å². The number of aliphatic hydroxyl groups is 1. The van der Waals surface area contributed by atoms with Crippen LogP contribution in [0.25, 0.3) is 0 Å². The number of hydrogen-bond acceptors (Lipinski definition) is 14. The zero-order valence-corrected chi connectivity index (χ0v) is 37.7. The molecule has 17 N–H and O–H groups in total. The lowest BCUT2D eigenvalue weighted by Gasteiger charge is -2.25. The van der Waals surface area contributed by atoms with Crippen molar-refractivity contribution in [3.05, 3.63) is 35.9 Å². The van der Waals surface area contributed by atoms with Crippen LogP contribution in [0.3, 0.4) is 0 Å². The number of nitrogens with one attached hydrogen (secondary N) is 9. The van der Waals surface area contributed by atoms with Crippen LogP contribution in [0.1, 0.15) is 57.9 Å². The summed E-state index contributed by atoms with van der Waals surface area (Å²) in [6.07, 6.45) is 0.0820. The van der Waals surface area contributed by atoms with Gasteiger partial charge in [-0.15, -0.1) is 11.8 Å². The largest absolute Gasteiger partial charge is 0.481 e. The number of thioether (sulfide) groups is 1. The molecule has 1 aromatic rings. The fourth-order valence-electron chi connectivity index (χ4n) is 6.13. The standard InChI is InChI=1S/C40H63N13O12S/c1-22-33(59)51-25(12-8-14-45-40(42)43)35(61)46-19-30(55)50-28(18-32(57)58)38(64)48-23(2)34(60)52-27(17-24-9-4-3-5-10-24)39(65)53-29(36(62)44-15-16-54)20-66-21-31(56)49-26(37(63)47-22)11-6-7-13-41/h3-5,9-10,22-23,25-29,54H,6-8,11-21,41H2,1-2H3,(H,44,62)(H,46,61)(H,47,63)(H,48,64)(H,49,56)(H,50,55)(H,51,59)(H,52,60)(H,53,65)(H,57,58)(H4,42,43,45)/t22-,23-,25-,26-,27-,28-,29-/m0/s1. The Morgan fingerprint density at radius 3 is 1.91 bits per heavy atom. The molecule has 1 saturated heterocycles. The molecule has 0 spiro atoms. The third-order valence-electron chi connectivity index (χ3n) is 9.61. The minimum atomic E-state index is -1.76. The third kappa shape index (κ3) is 21.4. The molecule has 0 aliphatic carbocycles. The molecular formula is C40H63N13O12S. The number of nitrogens with zero attached hydrogens (tertiary/aromatic N) is 1. The molecule has 0 aromatic heterocycles. The predicted octanol–water partition coefficient (Wildman–Crippen LogP) is -5.71. The second-order valence-electron chi connectivity index (χ2n) is 15.2. The molecule has 1 aromatic carbocycles. The Hall–Kier alpha value is -6.54. The van der Waals surface area contributed by atoms with Crippen LogP contribution in [0.4, 0.5) is 0 Å². The second kappa shape index (κ2) is 29.8. The number of benzene rings is 1. The maximum atomic E-state index is 13.9. The summed E-state index contributed by atoms with van der Waals surface area (Å²) in [5.74, 6) is -9.95. The Balaban J connectivity index is 2.54. The van der Waals surface area contributed by atoms with E-state index in [-0.39, 0.29) is 56.2 Å². The fourth-order valence-corrected chi connectivity index (χ4v) is 6.99. The number of aliphatic hydroxyl groups excluding tert-OH is 1. The van der Waals surface area contributed by atoms with Gasteiger partial charge in [-0.3, -0.25) is 52.9 Å². The molecule has 1 heterocycles. The number of carbonyl (C=O) groups is 10. The van der Waals surface area contributed by atoms with Gasteiger partial charge in [0.05, 0.1) is 25.3 Å². The first kappa shape index (κ1) is 55.6. The highest BCUT2D eigenvalue weighted by Gasteiger charge is 2.32. The fraction of sp³-hybridized carbons (Fsp3) is 0.575. The maximum Gasteiger partial charge on any atom is 0.305 e. The van der Waals surface area contributed by atoms with Crippen molar-refractivity contribution in [2.24, 2.45) is 22.2 Å². The molecule has 0 unspecified atom stereocenters. The Labute approximate surface area is 385 Å². The number of carboxylic acid groups (broad SMARTS) is 1. The summed E-state index contributed by atoms with van der Waals surface area (Å²) in [4.78, 5) is 136. The average Bonchev–Trinajstić information content (AvgIpc) is 3.26. The van der Waals surface area contributed by atoms with E-state index in [9.17, 15) is 58.2 Å². The van der Waals surface area contributed by atoms with E-state index in [4.69, 9.17) is 17.2 Å². The van der Waals surface area contributed by atoms with Crippen molar-refractivity contribution in [3.8, 4) is 0 Å². The van der Waals surface area contributed by atoms with Crippen molar-refractivity contribution in [3.63, 3.8) is 0 Å². The van der Waals surface area contributed by atoms with Crippen molar-refractivity contribution in [1.82, 2.24) is 47.9 Å². The highest BCUT2D eigenvalue weighted by molar-refractivity contribution is 8.00. The van der Waals surface area contributed by atoms with Gasteiger partial charge in [0.25, 0.3) is 0 Å². The van der Waals surface area contributed by atoms with Crippen molar-refractivity contribution in [2.45, 2.75) is 101 Å². The molecule has 0 radical (unpaired) electrons. The van der Waals surface area contributed by atoms with Crippen LogP contribution in [0.5, 0.6) is 0 Å². The topological polar surface area (TPSA) is 410 Å². The molecule has 1 fully saturated rings. The number of hydrogen-bond donors (Lipinski definition) is 14. The minimum Gasteiger partial charge on any atom is -0.481 e. The molecule has 9 amide bonds. The number of nitrogens with two attached hydrogens (primary N) is 3. The van der Waals surface area contributed by atoms with E-state index in [2.05, 4.69) is 52.8 Å². The number of amides is 9. The van der Waals surface area contributed by atoms with Crippen LogP contribution in [0.15, 0.2) is 35.3 Å². The van der Waals surface area contributed by atoms with E-state index < -0.39 is 121 Å². The summed E-state index contributed by atoms with van der Waals surface area (Å²) in [6, 6.07) is -1.16. The van der Waals surface area contributed by atoms with Gasteiger partial charge in [0, 0.05) is 25.3 Å². The Morgan fingerprint density at radius 1 is 0.727 bits per heavy atom. The van der Waals surface area contributed by atoms with Gasteiger partial charge < -0.3 is 75.3 Å². The van der Waals surface area contributed by atoms with Gasteiger partial charge in [0.2, 0.25) is 53.2 Å². The highest BCUT2D eigenvalue weighted by atomic mass is 32.2. The molecule has 0 bridgehead atoms. The number of carboxylic acids is 1. The van der Waals surface area contributed by atoms with Gasteiger partial charge in [-0.2, -0.15) is 0 Å². The van der Waals surface area contributed by atoms with Crippen molar-refractivity contribution in [1.29, 1.82) is 0 Å². The number of unbranched alkanes of at least 4 members (excludes halogenated alkanes) is 1. The Bertz CT molecular complexity index is 1870. The van der Waals surface area contributed by atoms with Gasteiger partial charge in [0.15, 0.2) is 5.96 Å². The van der Waals surface area contributed by atoms with Crippen LogP contribution in [0.2, 0.25) is 0 Å². The van der Waals surface area contributed by atoms with Crippen LogP contribution in [-0.2, 0) is 54.4 Å². The number of guanidine groups is 1. The monoisotopic (exact) mass is 949 g/mol. The lowest BCUT2D eigenvalue weighted by molar-refractivity contribution is -0.141. The summed E-state index contributed by atoms with van der Waals surface area (Å²) in [5.41, 5.74) is 17.0. The molecule has 0 saturated carbocycles. The van der Waals surface area contributed by atoms with E-state index in [0.29, 0.717) is 24.9 Å². The first-order chi connectivity index (χ1) is 31.3. The van der Waals surface area contributed by atoms with Crippen molar-refractivity contribution >= 4 is 76.9 Å². The summed E-state index contributed by atoms with van der Waals surface area (Å²) in [5, 5.41) is 41.0. The second-order valence-corrected chi connectivity index (χ2v) is 16.2. The normalized spacial score (nSPS) is 23.7. The molecule has 1 aliphatic heterocycles. The van der Waals surface area contributed by atoms with Crippen molar-refractivity contribution < 1.29 is 58.2 Å². The predicted molar refractivity (Wildman–Crippen MR) is 241 cm³/mol. The molecule has 25 nitrogen and oxygen atoms in total. The number of rotatable bonds is 15. The van der Waals surface area contributed by atoms with Gasteiger partial charge in [0.1, 0.15) is 42.3 Å². The van der Waals surface area contributed by atoms with Crippen LogP contribution >= 0.6 is 11.8 Å². The van der Waals surface area contributed by atoms with Gasteiger partial charge in [-0.1, -0.05) is 30.3 Å². The molecular weight excluding hydrogens is 887 g/mol. The summed E-state index contributed by atoms with van der Waals surface area (Å²) < 4.78 is 0. The molecule has 26 heteroatoms. The molecule has 2 rings (SSSR count). The van der Waals surface area contributed by atoms with Crippen LogP contribution < -0.4 is 65.1 Å². The van der Waals surface area contributed by atoms with E-state index in [1.54, 1.807) is 30.3 Å².